The third kappa shape index (κ3) is 6.34. The maximum absolute atomic E-state index is 12.1. The van der Waals surface area contributed by atoms with Crippen LogP contribution in [0, 0.1) is 5.92 Å². The first-order valence-electron chi connectivity index (χ1n) is 9.10. The molecule has 1 aliphatic rings. The van der Waals surface area contributed by atoms with Crippen molar-refractivity contribution < 1.29 is 9.53 Å². The van der Waals surface area contributed by atoms with Crippen molar-refractivity contribution >= 4 is 41.5 Å². The summed E-state index contributed by atoms with van der Waals surface area (Å²) in [6.45, 7) is 10.8. The molecule has 0 bridgehead atoms. The fraction of sp³-hybridized carbons (Fsp3) is 0.579. The third-order valence-corrected chi connectivity index (χ3v) is 4.33. The van der Waals surface area contributed by atoms with E-state index in [1.807, 2.05) is 24.3 Å². The number of guanidine groups is 1. The normalized spacial score (nSPS) is 15.0. The van der Waals surface area contributed by atoms with Crippen LogP contribution >= 0.6 is 24.0 Å². The van der Waals surface area contributed by atoms with E-state index in [-0.39, 0.29) is 36.5 Å². The molecule has 1 heterocycles. The van der Waals surface area contributed by atoms with Gasteiger partial charge in [-0.15, -0.1) is 24.0 Å². The van der Waals surface area contributed by atoms with Crippen LogP contribution in [-0.4, -0.2) is 44.1 Å². The number of ether oxygens (including phenoxy) is 1. The third-order valence-electron chi connectivity index (χ3n) is 4.33. The summed E-state index contributed by atoms with van der Waals surface area (Å²) in [5.74, 6) is 2.14. The maximum atomic E-state index is 12.1. The number of amides is 1. The zero-order valence-electron chi connectivity index (χ0n) is 16.1. The molecule has 0 radical (unpaired) electrons. The molecule has 146 valence electrons. The van der Waals surface area contributed by atoms with Crippen molar-refractivity contribution in [1.29, 1.82) is 0 Å². The highest BCUT2D eigenvalue weighted by Crippen LogP contribution is 2.31. The Bertz CT molecular complexity index is 607. The average Bonchev–Trinajstić information content (AvgIpc) is 2.60. The van der Waals surface area contributed by atoms with Crippen LogP contribution in [0.2, 0.25) is 0 Å². The van der Waals surface area contributed by atoms with Crippen molar-refractivity contribution in [2.75, 3.05) is 31.1 Å². The number of halogens is 1. The fourth-order valence-corrected chi connectivity index (χ4v) is 2.52. The van der Waals surface area contributed by atoms with Gasteiger partial charge in [0.05, 0.1) is 5.69 Å². The Labute approximate surface area is 173 Å². The SMILES string of the molecule is CCNC(=NCCCN1C(=O)COc2ccccc21)NC(C)C(C)C.I. The number of carbonyl (C=O) groups is 1. The zero-order valence-corrected chi connectivity index (χ0v) is 18.4. The van der Waals surface area contributed by atoms with Gasteiger partial charge in [-0.05, 0) is 38.3 Å². The smallest absolute Gasteiger partial charge is 0.265 e. The molecule has 0 aliphatic carbocycles. The van der Waals surface area contributed by atoms with Gasteiger partial charge < -0.3 is 20.3 Å². The summed E-state index contributed by atoms with van der Waals surface area (Å²) in [5.41, 5.74) is 0.848. The molecule has 0 fully saturated rings. The lowest BCUT2D eigenvalue weighted by Gasteiger charge is -2.29. The molecule has 0 saturated carbocycles. The lowest BCUT2D eigenvalue weighted by atomic mass is 10.1. The van der Waals surface area contributed by atoms with Crippen LogP contribution < -0.4 is 20.3 Å². The van der Waals surface area contributed by atoms with E-state index in [9.17, 15) is 4.79 Å². The number of carbonyl (C=O) groups excluding carboxylic acids is 1. The molecular weight excluding hydrogens is 443 g/mol. The van der Waals surface area contributed by atoms with Gasteiger partial charge in [-0.25, -0.2) is 0 Å². The number of hydrogen-bond acceptors (Lipinski definition) is 3. The monoisotopic (exact) mass is 474 g/mol. The lowest BCUT2D eigenvalue weighted by Crippen LogP contribution is -2.44. The Balaban J connectivity index is 0.00000338. The van der Waals surface area contributed by atoms with E-state index >= 15 is 0 Å². The van der Waals surface area contributed by atoms with Gasteiger partial charge in [-0.2, -0.15) is 0 Å². The summed E-state index contributed by atoms with van der Waals surface area (Å²) >= 11 is 0. The first-order valence-corrected chi connectivity index (χ1v) is 9.10. The molecule has 1 aromatic rings. The minimum absolute atomic E-state index is 0. The Kier molecular flexibility index (Phi) is 9.75. The first kappa shape index (κ1) is 22.5. The summed E-state index contributed by atoms with van der Waals surface area (Å²) in [4.78, 5) is 18.6. The molecular formula is C19H31IN4O2. The number of aliphatic imine (C=N–C) groups is 1. The second-order valence-electron chi connectivity index (χ2n) is 6.59. The molecule has 1 atom stereocenters. The van der Waals surface area contributed by atoms with Crippen molar-refractivity contribution in [1.82, 2.24) is 10.6 Å². The van der Waals surface area contributed by atoms with Crippen LogP contribution in [0.5, 0.6) is 5.75 Å². The average molecular weight is 474 g/mol. The number of benzene rings is 1. The van der Waals surface area contributed by atoms with Crippen molar-refractivity contribution in [3.05, 3.63) is 24.3 Å². The lowest BCUT2D eigenvalue weighted by molar-refractivity contribution is -0.121. The Morgan fingerprint density at radius 2 is 2.04 bits per heavy atom. The van der Waals surface area contributed by atoms with Crippen LogP contribution in [0.1, 0.15) is 34.1 Å². The van der Waals surface area contributed by atoms with Crippen molar-refractivity contribution in [2.24, 2.45) is 10.9 Å². The predicted octanol–water partition coefficient (Wildman–Crippen LogP) is 3.02. The van der Waals surface area contributed by atoms with Crippen molar-refractivity contribution in [3.63, 3.8) is 0 Å². The van der Waals surface area contributed by atoms with Gasteiger partial charge in [0.15, 0.2) is 12.6 Å². The van der Waals surface area contributed by atoms with Crippen LogP contribution in [0.4, 0.5) is 5.69 Å². The maximum Gasteiger partial charge on any atom is 0.265 e. The van der Waals surface area contributed by atoms with E-state index in [0.717, 1.165) is 30.4 Å². The summed E-state index contributed by atoms with van der Waals surface area (Å²) in [6, 6.07) is 8.01. The molecule has 2 rings (SSSR count). The molecule has 1 aromatic carbocycles. The molecule has 0 saturated heterocycles. The highest BCUT2D eigenvalue weighted by Gasteiger charge is 2.24. The van der Waals surface area contributed by atoms with Gasteiger partial charge in [0, 0.05) is 25.7 Å². The standard InChI is InChI=1S/C19H30N4O2.HI/c1-5-20-19(22-15(4)14(2)3)21-11-8-12-23-16-9-6-7-10-17(16)25-13-18(23)24;/h6-7,9-10,14-15H,5,8,11-13H2,1-4H3,(H2,20,21,22);1H. The summed E-state index contributed by atoms with van der Waals surface area (Å²) < 4.78 is 5.47. The highest BCUT2D eigenvalue weighted by atomic mass is 127. The van der Waals surface area contributed by atoms with E-state index in [1.54, 1.807) is 4.90 Å². The van der Waals surface area contributed by atoms with Gasteiger partial charge in [-0.1, -0.05) is 26.0 Å². The van der Waals surface area contributed by atoms with Crippen LogP contribution in [0.15, 0.2) is 29.3 Å². The van der Waals surface area contributed by atoms with Gasteiger partial charge in [-0.3, -0.25) is 9.79 Å². The highest BCUT2D eigenvalue weighted by molar-refractivity contribution is 14.0. The minimum Gasteiger partial charge on any atom is -0.482 e. The van der Waals surface area contributed by atoms with Crippen molar-refractivity contribution in [3.8, 4) is 5.75 Å². The van der Waals surface area contributed by atoms with Crippen molar-refractivity contribution in [2.45, 2.75) is 40.2 Å². The van der Waals surface area contributed by atoms with Gasteiger partial charge >= 0.3 is 0 Å². The van der Waals surface area contributed by atoms with Gasteiger partial charge in [0.2, 0.25) is 0 Å². The second-order valence-corrected chi connectivity index (χ2v) is 6.59. The van der Waals surface area contributed by atoms with E-state index in [2.05, 4.69) is 43.3 Å². The number of anilines is 1. The Morgan fingerprint density at radius 3 is 2.73 bits per heavy atom. The fourth-order valence-electron chi connectivity index (χ4n) is 2.52. The molecule has 1 aliphatic heterocycles. The largest absolute Gasteiger partial charge is 0.482 e. The van der Waals surface area contributed by atoms with Crippen LogP contribution in [0.3, 0.4) is 0 Å². The molecule has 0 aromatic heterocycles. The predicted molar refractivity (Wildman–Crippen MR) is 118 cm³/mol. The minimum atomic E-state index is 0. The van der Waals surface area contributed by atoms with Crippen LogP contribution in [0.25, 0.3) is 0 Å². The molecule has 1 amide bonds. The van der Waals surface area contributed by atoms with E-state index in [1.165, 1.54) is 0 Å². The second kappa shape index (κ2) is 11.3. The number of nitrogens with one attached hydrogen (secondary N) is 2. The molecule has 26 heavy (non-hydrogen) atoms. The first-order chi connectivity index (χ1) is 12.0. The van der Waals surface area contributed by atoms with E-state index in [0.29, 0.717) is 25.0 Å². The van der Waals surface area contributed by atoms with Crippen LogP contribution in [-0.2, 0) is 4.79 Å². The molecule has 6 nitrogen and oxygen atoms in total. The number of nitrogens with zero attached hydrogens (tertiary/aromatic N) is 2. The summed E-state index contributed by atoms with van der Waals surface area (Å²) in [6.07, 6.45) is 0.798. The number of para-hydroxylation sites is 2. The van der Waals surface area contributed by atoms with Gasteiger partial charge in [0.1, 0.15) is 5.75 Å². The van der Waals surface area contributed by atoms with E-state index in [4.69, 9.17) is 4.74 Å². The van der Waals surface area contributed by atoms with Gasteiger partial charge in [0.25, 0.3) is 5.91 Å². The molecule has 1 unspecified atom stereocenters. The number of fused-ring (bicyclic) bond motifs is 1. The Morgan fingerprint density at radius 1 is 1.31 bits per heavy atom. The summed E-state index contributed by atoms with van der Waals surface area (Å²) in [7, 11) is 0. The summed E-state index contributed by atoms with van der Waals surface area (Å²) in [5, 5.41) is 6.69. The quantitative estimate of drug-likeness (QED) is 0.276. The molecule has 0 spiro atoms. The number of rotatable bonds is 7. The Hall–Kier alpha value is -1.51. The topological polar surface area (TPSA) is 66.0 Å². The number of hydrogen-bond donors (Lipinski definition) is 2. The molecule has 7 heteroatoms. The zero-order chi connectivity index (χ0) is 18.2. The molecule has 2 N–H and O–H groups in total. The van der Waals surface area contributed by atoms with E-state index < -0.39 is 0 Å².